The van der Waals surface area contributed by atoms with E-state index >= 15 is 0 Å². The van der Waals surface area contributed by atoms with Gasteiger partial charge in [-0.25, -0.2) is 29.9 Å². The standard InChI is InChI=1S/C90H58N6/c1-53-31-41-59(42-32-53)85-91-87(94-89(93-85)72-49-50-74-82-70(72)28-16-30-73(82)83-79(57-17-5-3-6-18-57)68-25-13-14-26-69(68)80(84(74)83)58-19-7-4-8-20-58)61-45-37-55(38-46-61)35-36-56-39-47-62(48-40-56)88-92-86(60-43-33-54(2)34-44-60)95-90(96-88)78-52-76-71-29-15-27-67-63-21-9-11-23-65(63)77(81(67)71)51-75(76)64-22-10-12-24-66(64)78/h3-34,37-52H,35-36H2,1-2H3. The van der Waals surface area contributed by atoms with Crippen molar-refractivity contribution in [2.24, 2.45) is 0 Å². The molecule has 0 N–H and O–H groups in total. The molecule has 17 aromatic rings. The summed E-state index contributed by atoms with van der Waals surface area (Å²) in [5.41, 5.74) is 25.4. The third kappa shape index (κ3) is 9.01. The molecule has 0 radical (unpaired) electrons. The van der Waals surface area contributed by atoms with Crippen molar-refractivity contribution in [3.8, 4) is 135 Å². The summed E-state index contributed by atoms with van der Waals surface area (Å²) >= 11 is 0. The molecule has 0 bridgehead atoms. The second kappa shape index (κ2) is 22.2. The number of nitrogens with zero attached hydrogens (tertiary/aromatic N) is 6. The Kier molecular flexibility index (Phi) is 12.8. The van der Waals surface area contributed by atoms with Crippen LogP contribution < -0.4 is 0 Å². The van der Waals surface area contributed by atoms with Crippen LogP contribution in [0, 0.1) is 13.8 Å². The quantitative estimate of drug-likeness (QED) is 0.120. The maximum absolute atomic E-state index is 5.39. The predicted molar refractivity (Wildman–Crippen MR) is 396 cm³/mol. The van der Waals surface area contributed by atoms with Crippen LogP contribution in [-0.2, 0) is 12.8 Å². The van der Waals surface area contributed by atoms with Crippen molar-refractivity contribution in [2.75, 3.05) is 0 Å². The molecule has 0 aliphatic heterocycles. The average Bonchev–Trinajstić information content (AvgIpc) is 1.50. The van der Waals surface area contributed by atoms with E-state index in [1.54, 1.807) is 0 Å². The summed E-state index contributed by atoms with van der Waals surface area (Å²) < 4.78 is 0. The van der Waals surface area contributed by atoms with Crippen molar-refractivity contribution in [1.82, 2.24) is 29.9 Å². The van der Waals surface area contributed by atoms with Gasteiger partial charge < -0.3 is 0 Å². The number of benzene rings is 15. The summed E-state index contributed by atoms with van der Waals surface area (Å²) in [6.45, 7) is 4.21. The van der Waals surface area contributed by atoms with Crippen LogP contribution in [0.15, 0.2) is 291 Å². The first kappa shape index (κ1) is 55.3. The summed E-state index contributed by atoms with van der Waals surface area (Å²) in [5.74, 6) is 3.81. The smallest absolute Gasteiger partial charge is 0.164 e. The second-order valence-corrected chi connectivity index (χ2v) is 25.7. The number of fused-ring (bicyclic) bond motifs is 11. The Bertz CT molecular complexity index is 5950. The second-order valence-electron chi connectivity index (χ2n) is 25.7. The van der Waals surface area contributed by atoms with Crippen LogP contribution >= 0.6 is 0 Å². The average molecular weight is 1220 g/mol. The molecule has 96 heavy (non-hydrogen) atoms. The van der Waals surface area contributed by atoms with Crippen molar-refractivity contribution >= 4 is 53.9 Å². The molecule has 0 spiro atoms. The zero-order chi connectivity index (χ0) is 63.5. The fraction of sp³-hybridized carbons (Fsp3) is 0.0444. The van der Waals surface area contributed by atoms with E-state index < -0.39 is 0 Å². The molecule has 0 fully saturated rings. The van der Waals surface area contributed by atoms with Gasteiger partial charge in [0.1, 0.15) is 0 Å². The van der Waals surface area contributed by atoms with Crippen molar-refractivity contribution in [2.45, 2.75) is 26.7 Å². The van der Waals surface area contributed by atoms with E-state index in [9.17, 15) is 0 Å². The first-order valence-electron chi connectivity index (χ1n) is 33.0. The Morgan fingerprint density at radius 3 is 1.08 bits per heavy atom. The van der Waals surface area contributed by atoms with Crippen LogP contribution in [0.4, 0.5) is 0 Å². The third-order valence-corrected chi connectivity index (χ3v) is 19.9. The maximum Gasteiger partial charge on any atom is 0.164 e. The number of hydrogen-bond acceptors (Lipinski definition) is 6. The lowest BCUT2D eigenvalue weighted by atomic mass is 9.82. The van der Waals surface area contributed by atoms with Gasteiger partial charge in [-0.05, 0) is 177 Å². The highest BCUT2D eigenvalue weighted by atomic mass is 15.0. The zero-order valence-corrected chi connectivity index (χ0v) is 52.8. The van der Waals surface area contributed by atoms with E-state index in [1.807, 2.05) is 0 Å². The highest BCUT2D eigenvalue weighted by molar-refractivity contribution is 6.30. The Morgan fingerprint density at radius 1 is 0.198 bits per heavy atom. The molecular weight excluding hydrogens is 1170 g/mol. The number of rotatable bonds is 11. The van der Waals surface area contributed by atoms with Gasteiger partial charge in [-0.15, -0.1) is 0 Å². The van der Waals surface area contributed by atoms with Crippen molar-refractivity contribution < 1.29 is 0 Å². The van der Waals surface area contributed by atoms with Crippen molar-refractivity contribution in [3.05, 3.63) is 313 Å². The van der Waals surface area contributed by atoms with E-state index in [1.165, 1.54) is 132 Å². The van der Waals surface area contributed by atoms with Gasteiger partial charge in [0.05, 0.1) is 0 Å². The molecule has 0 unspecified atom stereocenters. The Labute approximate surface area is 555 Å². The lowest BCUT2D eigenvalue weighted by Crippen LogP contribution is -2.01. The fourth-order valence-corrected chi connectivity index (χ4v) is 15.3. The molecule has 448 valence electrons. The maximum atomic E-state index is 5.39. The molecule has 0 saturated heterocycles. The largest absolute Gasteiger partial charge is 0.208 e. The van der Waals surface area contributed by atoms with Gasteiger partial charge >= 0.3 is 0 Å². The van der Waals surface area contributed by atoms with E-state index in [0.29, 0.717) is 34.9 Å². The van der Waals surface area contributed by atoms with Gasteiger partial charge in [0.25, 0.3) is 0 Å². The molecule has 2 aromatic heterocycles. The van der Waals surface area contributed by atoms with Crippen molar-refractivity contribution in [3.63, 3.8) is 0 Å². The minimum atomic E-state index is 0.626. The summed E-state index contributed by atoms with van der Waals surface area (Å²) in [4.78, 5) is 31.8. The van der Waals surface area contributed by atoms with Gasteiger partial charge in [0.2, 0.25) is 0 Å². The van der Waals surface area contributed by atoms with Crippen LogP contribution in [0.5, 0.6) is 0 Å². The number of hydrogen-bond donors (Lipinski definition) is 0. The van der Waals surface area contributed by atoms with Crippen molar-refractivity contribution in [1.29, 1.82) is 0 Å². The first-order valence-corrected chi connectivity index (χ1v) is 33.0. The van der Waals surface area contributed by atoms with E-state index in [4.69, 9.17) is 29.9 Å². The van der Waals surface area contributed by atoms with Crippen LogP contribution in [0.25, 0.3) is 189 Å². The van der Waals surface area contributed by atoms with Gasteiger partial charge in [-0.3, -0.25) is 0 Å². The van der Waals surface area contributed by atoms with Crippen LogP contribution in [-0.4, -0.2) is 29.9 Å². The van der Waals surface area contributed by atoms with Gasteiger partial charge in [-0.2, -0.15) is 0 Å². The summed E-state index contributed by atoms with van der Waals surface area (Å²) in [7, 11) is 0. The van der Waals surface area contributed by atoms with Crippen LogP contribution in [0.2, 0.25) is 0 Å². The SMILES string of the molecule is Cc1ccc(-c2nc(-c3ccc(CCc4ccc(-c5nc(-c6ccc(C)cc6)nc(-c6cc7c8cccc9c8c(cc7c7ccccc67)-c6ccccc6-9)n5)cc4)cc3)nc(-c3ccc4c5c(cccc35)-c3c-4c(-c4ccccc4)c4ccccc4c3-c3ccccc3)n2)cc1. The molecule has 19 rings (SSSR count). The monoisotopic (exact) mass is 1220 g/mol. The lowest BCUT2D eigenvalue weighted by Gasteiger charge is -2.20. The molecule has 2 heterocycles. The fourth-order valence-electron chi connectivity index (χ4n) is 15.3. The zero-order valence-electron chi connectivity index (χ0n) is 52.8. The lowest BCUT2D eigenvalue weighted by molar-refractivity contribution is 0.959. The van der Waals surface area contributed by atoms with Crippen LogP contribution in [0.1, 0.15) is 22.3 Å². The normalized spacial score (nSPS) is 11.9. The molecule has 15 aromatic carbocycles. The molecule has 0 amide bonds. The topological polar surface area (TPSA) is 77.3 Å². The minimum Gasteiger partial charge on any atom is -0.208 e. The predicted octanol–water partition coefficient (Wildman–Crippen LogP) is 22.9. The first-order chi connectivity index (χ1) is 47.4. The molecule has 6 heteroatoms. The Balaban J connectivity index is 0.654. The number of aryl methyl sites for hydroxylation is 4. The van der Waals surface area contributed by atoms with E-state index in [-0.39, 0.29) is 0 Å². The molecular formula is C90H58N6. The summed E-state index contributed by atoms with van der Waals surface area (Å²) in [5, 5.41) is 12.0. The van der Waals surface area contributed by atoms with E-state index in [2.05, 4.69) is 305 Å². The minimum absolute atomic E-state index is 0.626. The summed E-state index contributed by atoms with van der Waals surface area (Å²) in [6, 6.07) is 105. The van der Waals surface area contributed by atoms with Gasteiger partial charge in [0, 0.05) is 33.4 Å². The molecule has 0 saturated carbocycles. The van der Waals surface area contributed by atoms with E-state index in [0.717, 1.165) is 57.0 Å². The molecule has 6 nitrogen and oxygen atoms in total. The Hall–Kier alpha value is -12.4. The van der Waals surface area contributed by atoms with Crippen LogP contribution in [0.3, 0.4) is 0 Å². The highest BCUT2D eigenvalue weighted by Crippen LogP contribution is 2.59. The van der Waals surface area contributed by atoms with Gasteiger partial charge in [-0.1, -0.05) is 284 Å². The molecule has 2 aliphatic carbocycles. The third-order valence-electron chi connectivity index (χ3n) is 19.9. The van der Waals surface area contributed by atoms with Gasteiger partial charge in [0.15, 0.2) is 34.9 Å². The summed E-state index contributed by atoms with van der Waals surface area (Å²) in [6.07, 6.45) is 1.69. The highest BCUT2D eigenvalue weighted by Gasteiger charge is 2.32. The number of aromatic nitrogens is 6. The molecule has 0 atom stereocenters. The Morgan fingerprint density at radius 2 is 0.552 bits per heavy atom. The molecule has 2 aliphatic rings.